The number of hydrogen-bond acceptors (Lipinski definition) is 3. The van der Waals surface area contributed by atoms with E-state index in [2.05, 4.69) is 6.92 Å². The Hall–Kier alpha value is -2.17. The van der Waals surface area contributed by atoms with E-state index in [1.165, 1.54) is 18.4 Å². The van der Waals surface area contributed by atoms with E-state index >= 15 is 0 Å². The van der Waals surface area contributed by atoms with Crippen molar-refractivity contribution < 1.29 is 19.5 Å². The van der Waals surface area contributed by atoms with Crippen molar-refractivity contribution in [3.05, 3.63) is 35.4 Å². The Morgan fingerprint density at radius 3 is 2.27 bits per heavy atom. The minimum atomic E-state index is -0.787. The largest absolute Gasteiger partial charge is 0.481 e. The summed E-state index contributed by atoms with van der Waals surface area (Å²) in [6.07, 6.45) is 5.99. The molecule has 5 nitrogen and oxygen atoms in total. The minimum Gasteiger partial charge on any atom is -0.481 e. The maximum atomic E-state index is 12.3. The number of unbranched alkanes of at least 4 members (excludes halogenated alkanes) is 2. The van der Waals surface area contributed by atoms with Gasteiger partial charge in [-0.1, -0.05) is 44.0 Å². The number of hydrogen-bond donors (Lipinski definition) is 1. The van der Waals surface area contributed by atoms with E-state index in [0.717, 1.165) is 12.8 Å². The van der Waals surface area contributed by atoms with E-state index in [1.54, 1.807) is 4.90 Å². The molecule has 0 spiro atoms. The fourth-order valence-corrected chi connectivity index (χ4v) is 3.34. The van der Waals surface area contributed by atoms with E-state index < -0.39 is 5.97 Å². The van der Waals surface area contributed by atoms with Gasteiger partial charge in [0, 0.05) is 31.5 Å². The lowest BCUT2D eigenvalue weighted by molar-refractivity contribution is -0.145. The van der Waals surface area contributed by atoms with Gasteiger partial charge in [0.1, 0.15) is 0 Å². The first-order chi connectivity index (χ1) is 12.5. The van der Waals surface area contributed by atoms with Gasteiger partial charge >= 0.3 is 5.97 Å². The van der Waals surface area contributed by atoms with Crippen LogP contribution in [0, 0.1) is 5.92 Å². The Morgan fingerprint density at radius 2 is 1.69 bits per heavy atom. The topological polar surface area (TPSA) is 74.7 Å². The number of aryl methyl sites for hydroxylation is 1. The number of carboxylic acids is 1. The van der Waals surface area contributed by atoms with Gasteiger partial charge in [0.25, 0.3) is 0 Å². The predicted octanol–water partition coefficient (Wildman–Crippen LogP) is 3.71. The quantitative estimate of drug-likeness (QED) is 0.539. The molecule has 0 unspecified atom stereocenters. The van der Waals surface area contributed by atoms with Gasteiger partial charge in [-0.05, 0) is 31.2 Å². The van der Waals surface area contributed by atoms with Gasteiger partial charge in [-0.15, -0.1) is 0 Å². The van der Waals surface area contributed by atoms with Crippen molar-refractivity contribution in [1.82, 2.24) is 4.90 Å². The normalized spacial score (nSPS) is 15.0. The maximum Gasteiger partial charge on any atom is 0.306 e. The van der Waals surface area contributed by atoms with Crippen molar-refractivity contribution in [3.63, 3.8) is 0 Å². The van der Waals surface area contributed by atoms with E-state index in [-0.39, 0.29) is 30.4 Å². The van der Waals surface area contributed by atoms with Crippen molar-refractivity contribution in [3.8, 4) is 0 Å². The molecule has 5 heteroatoms. The number of carbonyl (C=O) groups excluding carboxylic acids is 2. The van der Waals surface area contributed by atoms with Crippen LogP contribution in [0.5, 0.6) is 0 Å². The Labute approximate surface area is 155 Å². The van der Waals surface area contributed by atoms with Gasteiger partial charge in [-0.3, -0.25) is 14.4 Å². The van der Waals surface area contributed by atoms with Crippen molar-refractivity contribution in [2.45, 2.75) is 58.3 Å². The summed E-state index contributed by atoms with van der Waals surface area (Å²) < 4.78 is 0. The van der Waals surface area contributed by atoms with Gasteiger partial charge in [0.05, 0.1) is 5.92 Å². The SMILES string of the molecule is CCCCCc1ccc(C(=O)CCC(=O)N2CCC(C(=O)O)CC2)cc1. The van der Waals surface area contributed by atoms with Crippen LogP contribution in [0.1, 0.15) is 67.8 Å². The summed E-state index contributed by atoms with van der Waals surface area (Å²) in [5.74, 6) is -1.21. The molecule has 1 heterocycles. The first-order valence-electron chi connectivity index (χ1n) is 9.64. The highest BCUT2D eigenvalue weighted by molar-refractivity contribution is 5.98. The second-order valence-corrected chi connectivity index (χ2v) is 7.07. The predicted molar refractivity (Wildman–Crippen MR) is 100 cm³/mol. The standard InChI is InChI=1S/C21H29NO4/c1-2-3-4-5-16-6-8-17(9-7-16)19(23)10-11-20(24)22-14-12-18(13-15-22)21(25)26/h6-9,18H,2-5,10-15H2,1H3,(H,25,26). The molecule has 0 saturated carbocycles. The van der Waals surface area contributed by atoms with Crippen LogP contribution in [0.2, 0.25) is 0 Å². The second-order valence-electron chi connectivity index (χ2n) is 7.07. The summed E-state index contributed by atoms with van der Waals surface area (Å²) in [5, 5.41) is 9.00. The Morgan fingerprint density at radius 1 is 1.04 bits per heavy atom. The lowest BCUT2D eigenvalue weighted by Crippen LogP contribution is -2.40. The van der Waals surface area contributed by atoms with Crippen molar-refractivity contribution in [1.29, 1.82) is 0 Å². The number of likely N-dealkylation sites (tertiary alicyclic amines) is 1. The molecule has 1 N–H and O–H groups in total. The molecular formula is C21H29NO4. The lowest BCUT2D eigenvalue weighted by Gasteiger charge is -2.30. The second kappa shape index (κ2) is 10.1. The number of carbonyl (C=O) groups is 3. The van der Waals surface area contributed by atoms with Crippen molar-refractivity contribution in [2.24, 2.45) is 5.92 Å². The number of ketones is 1. The smallest absolute Gasteiger partial charge is 0.306 e. The zero-order valence-electron chi connectivity index (χ0n) is 15.6. The molecule has 0 atom stereocenters. The van der Waals surface area contributed by atoms with E-state index in [1.807, 2.05) is 24.3 Å². The van der Waals surface area contributed by atoms with Crippen LogP contribution in [0.25, 0.3) is 0 Å². The average molecular weight is 359 g/mol. The number of benzene rings is 1. The van der Waals surface area contributed by atoms with Crippen LogP contribution in [-0.4, -0.2) is 40.8 Å². The van der Waals surface area contributed by atoms with Gasteiger partial charge in [0.15, 0.2) is 5.78 Å². The summed E-state index contributed by atoms with van der Waals surface area (Å²) in [6, 6.07) is 7.71. The molecular weight excluding hydrogens is 330 g/mol. The number of amides is 1. The molecule has 0 radical (unpaired) electrons. The summed E-state index contributed by atoms with van der Waals surface area (Å²) in [5.41, 5.74) is 1.90. The molecule has 26 heavy (non-hydrogen) atoms. The third-order valence-corrected chi connectivity index (χ3v) is 5.11. The summed E-state index contributed by atoms with van der Waals surface area (Å²) >= 11 is 0. The fraction of sp³-hybridized carbons (Fsp3) is 0.571. The average Bonchev–Trinajstić information content (AvgIpc) is 2.66. The van der Waals surface area contributed by atoms with Crippen LogP contribution in [-0.2, 0) is 16.0 Å². The lowest BCUT2D eigenvalue weighted by atomic mass is 9.96. The molecule has 2 rings (SSSR count). The molecule has 1 amide bonds. The molecule has 1 saturated heterocycles. The molecule has 1 aromatic rings. The zero-order valence-corrected chi connectivity index (χ0v) is 15.6. The summed E-state index contributed by atoms with van der Waals surface area (Å²) in [6.45, 7) is 3.12. The first kappa shape index (κ1) is 20.1. The molecule has 1 aliphatic rings. The molecule has 1 aromatic carbocycles. The number of carboxylic acid groups (broad SMARTS) is 1. The minimum absolute atomic E-state index is 0.0149. The molecule has 1 fully saturated rings. The fourth-order valence-electron chi connectivity index (χ4n) is 3.34. The molecule has 0 bridgehead atoms. The van der Waals surface area contributed by atoms with E-state index in [4.69, 9.17) is 5.11 Å². The molecule has 142 valence electrons. The Balaban J connectivity index is 1.75. The highest BCUT2D eigenvalue weighted by Gasteiger charge is 2.27. The van der Waals surface area contributed by atoms with Crippen LogP contribution in [0.4, 0.5) is 0 Å². The van der Waals surface area contributed by atoms with Crippen LogP contribution >= 0.6 is 0 Å². The number of nitrogens with zero attached hydrogens (tertiary/aromatic N) is 1. The third-order valence-electron chi connectivity index (χ3n) is 5.11. The van der Waals surface area contributed by atoms with Crippen LogP contribution < -0.4 is 0 Å². The molecule has 0 aromatic heterocycles. The van der Waals surface area contributed by atoms with Gasteiger partial charge in [0.2, 0.25) is 5.91 Å². The number of piperidine rings is 1. The van der Waals surface area contributed by atoms with Gasteiger partial charge < -0.3 is 10.0 Å². The van der Waals surface area contributed by atoms with Gasteiger partial charge in [-0.2, -0.15) is 0 Å². The van der Waals surface area contributed by atoms with Gasteiger partial charge in [-0.25, -0.2) is 0 Å². The zero-order chi connectivity index (χ0) is 18.9. The number of rotatable bonds is 9. The third kappa shape index (κ3) is 5.97. The monoisotopic (exact) mass is 359 g/mol. The maximum absolute atomic E-state index is 12.3. The summed E-state index contributed by atoms with van der Waals surface area (Å²) in [4.78, 5) is 37.2. The van der Waals surface area contributed by atoms with Crippen LogP contribution in [0.15, 0.2) is 24.3 Å². The molecule has 1 aliphatic heterocycles. The van der Waals surface area contributed by atoms with Crippen molar-refractivity contribution in [2.75, 3.05) is 13.1 Å². The van der Waals surface area contributed by atoms with Crippen molar-refractivity contribution >= 4 is 17.7 Å². The van der Waals surface area contributed by atoms with Crippen LogP contribution in [0.3, 0.4) is 0 Å². The Bertz CT molecular complexity index is 615. The Kier molecular flexibility index (Phi) is 7.82. The number of aliphatic carboxylic acids is 1. The van der Waals surface area contributed by atoms with E-state index in [9.17, 15) is 14.4 Å². The first-order valence-corrected chi connectivity index (χ1v) is 9.64. The highest BCUT2D eigenvalue weighted by atomic mass is 16.4. The highest BCUT2D eigenvalue weighted by Crippen LogP contribution is 2.19. The molecule has 0 aliphatic carbocycles. The van der Waals surface area contributed by atoms with E-state index in [0.29, 0.717) is 31.5 Å². The number of Topliss-reactive ketones (excluding diaryl/α,β-unsaturated/α-hetero) is 1. The summed E-state index contributed by atoms with van der Waals surface area (Å²) in [7, 11) is 0.